The van der Waals surface area contributed by atoms with E-state index in [1.165, 1.54) is 0 Å². The van der Waals surface area contributed by atoms with Crippen LogP contribution in [0.5, 0.6) is 23.0 Å². The quantitative estimate of drug-likeness (QED) is 0.446. The van der Waals surface area contributed by atoms with Gasteiger partial charge >= 0.3 is 0 Å². The lowest BCUT2D eigenvalue weighted by Gasteiger charge is -2.16. The SMILES string of the molecule is COc1cc2c(Oc3cc4cnccc4nc3C)ccnc2cc1OCC(CO)CO. The third-order valence-electron chi connectivity index (χ3n) is 4.96. The highest BCUT2D eigenvalue weighted by Gasteiger charge is 2.15. The molecule has 4 aromatic rings. The van der Waals surface area contributed by atoms with Crippen LogP contribution in [0, 0.1) is 12.8 Å². The number of aliphatic hydroxyl groups excluding tert-OH is 2. The first-order valence-electron chi connectivity index (χ1n) is 9.83. The smallest absolute Gasteiger partial charge is 0.163 e. The van der Waals surface area contributed by atoms with Gasteiger partial charge in [-0.1, -0.05) is 0 Å². The Kier molecular flexibility index (Phi) is 6.11. The van der Waals surface area contributed by atoms with Gasteiger partial charge in [-0.3, -0.25) is 9.97 Å². The molecule has 0 aliphatic rings. The zero-order chi connectivity index (χ0) is 21.8. The molecule has 3 heterocycles. The van der Waals surface area contributed by atoms with Crippen molar-refractivity contribution in [2.24, 2.45) is 5.92 Å². The van der Waals surface area contributed by atoms with Gasteiger partial charge in [0.05, 0.1) is 43.7 Å². The maximum atomic E-state index is 9.26. The van der Waals surface area contributed by atoms with Gasteiger partial charge in [0.1, 0.15) is 11.5 Å². The monoisotopic (exact) mass is 421 g/mol. The molecule has 0 aliphatic carbocycles. The van der Waals surface area contributed by atoms with Gasteiger partial charge in [-0.05, 0) is 31.2 Å². The van der Waals surface area contributed by atoms with Crippen molar-refractivity contribution in [1.29, 1.82) is 0 Å². The van der Waals surface area contributed by atoms with Crippen molar-refractivity contribution in [3.8, 4) is 23.0 Å². The fraction of sp³-hybridized carbons (Fsp3) is 0.261. The van der Waals surface area contributed by atoms with Crippen LogP contribution in [0.25, 0.3) is 21.8 Å². The number of hydrogen-bond donors (Lipinski definition) is 2. The second kappa shape index (κ2) is 9.11. The lowest BCUT2D eigenvalue weighted by molar-refractivity contribution is 0.105. The normalized spacial score (nSPS) is 11.3. The first kappa shape index (κ1) is 20.8. The second-order valence-electron chi connectivity index (χ2n) is 7.11. The Labute approximate surface area is 179 Å². The van der Waals surface area contributed by atoms with Crippen LogP contribution in [0.1, 0.15) is 5.69 Å². The number of aromatic nitrogens is 3. The molecular formula is C23H23N3O5. The van der Waals surface area contributed by atoms with Gasteiger partial charge in [-0.25, -0.2) is 4.98 Å². The zero-order valence-corrected chi connectivity index (χ0v) is 17.3. The highest BCUT2D eigenvalue weighted by atomic mass is 16.5. The predicted octanol–water partition coefficient (Wildman–Crippen LogP) is 3.27. The number of hydrogen-bond acceptors (Lipinski definition) is 8. The average Bonchev–Trinajstić information content (AvgIpc) is 2.80. The van der Waals surface area contributed by atoms with Crippen LogP contribution in [0.3, 0.4) is 0 Å². The van der Waals surface area contributed by atoms with Crippen molar-refractivity contribution in [3.05, 3.63) is 54.6 Å². The summed E-state index contributed by atoms with van der Waals surface area (Å²) in [5.41, 5.74) is 2.27. The third-order valence-corrected chi connectivity index (χ3v) is 4.96. The van der Waals surface area contributed by atoms with E-state index in [1.807, 2.05) is 19.1 Å². The summed E-state index contributed by atoms with van der Waals surface area (Å²) in [5, 5.41) is 20.2. The molecule has 0 unspecified atom stereocenters. The Bertz CT molecular complexity index is 1210. The molecule has 0 saturated heterocycles. The van der Waals surface area contributed by atoms with Gasteiger partial charge in [0.15, 0.2) is 11.5 Å². The number of rotatable bonds is 8. The van der Waals surface area contributed by atoms with E-state index < -0.39 is 0 Å². The number of aryl methyl sites for hydroxylation is 1. The van der Waals surface area contributed by atoms with Crippen LogP contribution >= 0.6 is 0 Å². The highest BCUT2D eigenvalue weighted by Crippen LogP contribution is 2.38. The van der Waals surface area contributed by atoms with Gasteiger partial charge < -0.3 is 24.4 Å². The summed E-state index contributed by atoms with van der Waals surface area (Å²) >= 11 is 0. The lowest BCUT2D eigenvalue weighted by atomic mass is 10.1. The molecular weight excluding hydrogens is 398 g/mol. The Morgan fingerprint density at radius 1 is 0.935 bits per heavy atom. The Balaban J connectivity index is 1.70. The number of methoxy groups -OCH3 is 1. The van der Waals surface area contributed by atoms with Crippen molar-refractivity contribution < 1.29 is 24.4 Å². The Morgan fingerprint density at radius 2 is 1.77 bits per heavy atom. The average molecular weight is 421 g/mol. The van der Waals surface area contributed by atoms with Gasteiger partial charge in [0.2, 0.25) is 0 Å². The molecule has 3 aromatic heterocycles. The van der Waals surface area contributed by atoms with Gasteiger partial charge in [-0.15, -0.1) is 0 Å². The summed E-state index contributed by atoms with van der Waals surface area (Å²) in [4.78, 5) is 13.2. The summed E-state index contributed by atoms with van der Waals surface area (Å²) in [7, 11) is 1.55. The van der Waals surface area contributed by atoms with Crippen LogP contribution < -0.4 is 14.2 Å². The van der Waals surface area contributed by atoms with Crippen molar-refractivity contribution in [3.63, 3.8) is 0 Å². The number of aliphatic hydroxyl groups is 2. The Hall–Kier alpha value is -3.49. The van der Waals surface area contributed by atoms with Crippen LogP contribution in [0.15, 0.2) is 48.9 Å². The fourth-order valence-electron chi connectivity index (χ4n) is 3.18. The standard InChI is InChI=1S/C23H23N3O5/c1-14-21(7-16-10-24-5-3-18(16)26-14)31-20-4-6-25-19-9-23(22(29-2)8-17(19)20)30-13-15(11-27)12-28/h3-10,15,27-28H,11-13H2,1-2H3. The first-order valence-corrected chi connectivity index (χ1v) is 9.83. The van der Waals surface area contributed by atoms with E-state index >= 15 is 0 Å². The summed E-state index contributed by atoms with van der Waals surface area (Å²) in [6, 6.07) is 9.10. The predicted molar refractivity (Wildman–Crippen MR) is 116 cm³/mol. The maximum absolute atomic E-state index is 9.26. The minimum absolute atomic E-state index is 0.154. The fourth-order valence-corrected chi connectivity index (χ4v) is 3.18. The summed E-state index contributed by atoms with van der Waals surface area (Å²) in [5.74, 6) is 1.83. The van der Waals surface area contributed by atoms with Crippen LogP contribution in [-0.2, 0) is 0 Å². The van der Waals surface area contributed by atoms with Crippen molar-refractivity contribution in [1.82, 2.24) is 15.0 Å². The molecule has 31 heavy (non-hydrogen) atoms. The molecule has 8 nitrogen and oxygen atoms in total. The van der Waals surface area contributed by atoms with E-state index in [-0.39, 0.29) is 25.7 Å². The van der Waals surface area contributed by atoms with Crippen LogP contribution in [0.2, 0.25) is 0 Å². The molecule has 0 radical (unpaired) electrons. The summed E-state index contributed by atoms with van der Waals surface area (Å²) in [6.07, 6.45) is 5.11. The van der Waals surface area contributed by atoms with E-state index in [4.69, 9.17) is 14.2 Å². The van der Waals surface area contributed by atoms with E-state index in [0.717, 1.165) is 22.0 Å². The number of nitrogens with zero attached hydrogens (tertiary/aromatic N) is 3. The van der Waals surface area contributed by atoms with Crippen molar-refractivity contribution in [2.75, 3.05) is 26.9 Å². The molecule has 1 aromatic carbocycles. The van der Waals surface area contributed by atoms with E-state index in [2.05, 4.69) is 15.0 Å². The molecule has 4 rings (SSSR count). The molecule has 2 N–H and O–H groups in total. The lowest BCUT2D eigenvalue weighted by Crippen LogP contribution is -2.19. The topological polar surface area (TPSA) is 107 Å². The van der Waals surface area contributed by atoms with Gasteiger partial charge in [0.25, 0.3) is 0 Å². The third kappa shape index (κ3) is 4.35. The second-order valence-corrected chi connectivity index (χ2v) is 7.11. The number of pyridine rings is 3. The zero-order valence-electron chi connectivity index (χ0n) is 17.3. The van der Waals surface area contributed by atoms with Gasteiger partial charge in [0, 0.05) is 41.3 Å². The molecule has 0 atom stereocenters. The molecule has 160 valence electrons. The Morgan fingerprint density at radius 3 is 2.55 bits per heavy atom. The largest absolute Gasteiger partial charge is 0.493 e. The van der Waals surface area contributed by atoms with Crippen molar-refractivity contribution in [2.45, 2.75) is 6.92 Å². The number of fused-ring (bicyclic) bond motifs is 2. The summed E-state index contributed by atoms with van der Waals surface area (Å²) < 4.78 is 17.5. The van der Waals surface area contributed by atoms with Crippen LogP contribution in [-0.4, -0.2) is 52.1 Å². The molecule has 8 heteroatoms. The minimum atomic E-state index is -0.374. The molecule has 0 amide bonds. The van der Waals surface area contributed by atoms with Gasteiger partial charge in [-0.2, -0.15) is 0 Å². The molecule has 0 bridgehead atoms. The number of ether oxygens (including phenoxy) is 3. The highest BCUT2D eigenvalue weighted by molar-refractivity contribution is 5.88. The molecule has 0 spiro atoms. The van der Waals surface area contributed by atoms with E-state index in [0.29, 0.717) is 28.5 Å². The van der Waals surface area contributed by atoms with Crippen molar-refractivity contribution >= 4 is 21.8 Å². The molecule has 0 aliphatic heterocycles. The van der Waals surface area contributed by atoms with Crippen LogP contribution in [0.4, 0.5) is 0 Å². The summed E-state index contributed by atoms with van der Waals surface area (Å²) in [6.45, 7) is 1.71. The molecule has 0 fully saturated rings. The number of benzene rings is 1. The first-order chi connectivity index (χ1) is 15.1. The maximum Gasteiger partial charge on any atom is 0.163 e. The minimum Gasteiger partial charge on any atom is -0.493 e. The van der Waals surface area contributed by atoms with E-state index in [9.17, 15) is 10.2 Å². The van der Waals surface area contributed by atoms with E-state index in [1.54, 1.807) is 43.9 Å². The molecule has 0 saturated carbocycles.